The van der Waals surface area contributed by atoms with Crippen molar-refractivity contribution in [1.29, 1.82) is 0 Å². The first-order chi connectivity index (χ1) is 16.3. The minimum absolute atomic E-state index is 0.127. The summed E-state index contributed by atoms with van der Waals surface area (Å²) < 4.78 is 20.4. The first-order valence-corrected chi connectivity index (χ1v) is 11.1. The fourth-order valence-corrected chi connectivity index (χ4v) is 3.43. The number of carbonyl (C=O) groups excluding carboxylic acids is 2. The summed E-state index contributed by atoms with van der Waals surface area (Å²) in [6.07, 6.45) is 1.76. The maximum Gasteiger partial charge on any atom is 0.317 e. The van der Waals surface area contributed by atoms with Crippen LogP contribution in [-0.2, 0) is 4.79 Å². The lowest BCUT2D eigenvalue weighted by atomic mass is 10.1. The molecule has 0 aliphatic rings. The average Bonchev–Trinajstić information content (AvgIpc) is 3.22. The van der Waals surface area contributed by atoms with E-state index in [2.05, 4.69) is 15.6 Å². The van der Waals surface area contributed by atoms with E-state index in [-0.39, 0.29) is 36.2 Å². The van der Waals surface area contributed by atoms with E-state index in [0.29, 0.717) is 30.2 Å². The molecule has 0 atom stereocenters. The maximum atomic E-state index is 13.5. The van der Waals surface area contributed by atoms with E-state index in [1.807, 2.05) is 45.0 Å². The van der Waals surface area contributed by atoms with Crippen molar-refractivity contribution in [3.8, 4) is 22.7 Å². The number of halogens is 1. The Labute approximate surface area is 198 Å². The number of nitrogens with one attached hydrogen (secondary N) is 2. The topological polar surface area (TPSA) is 88.5 Å². The largest absolute Gasteiger partial charge is 0.497 e. The van der Waals surface area contributed by atoms with Crippen LogP contribution in [-0.4, -0.2) is 53.1 Å². The van der Waals surface area contributed by atoms with E-state index in [0.717, 1.165) is 5.56 Å². The van der Waals surface area contributed by atoms with Crippen LogP contribution in [0, 0.1) is 11.7 Å². The van der Waals surface area contributed by atoms with Gasteiger partial charge in [-0.25, -0.2) is 14.2 Å². The molecule has 0 spiro atoms. The van der Waals surface area contributed by atoms with Gasteiger partial charge in [-0.15, -0.1) is 0 Å². The molecule has 0 saturated carbocycles. The molecule has 1 aromatic heterocycles. The second-order valence-corrected chi connectivity index (χ2v) is 8.18. The number of nitrogens with zero attached hydrogens (tertiary/aromatic N) is 3. The first-order valence-electron chi connectivity index (χ1n) is 11.1. The van der Waals surface area contributed by atoms with Crippen LogP contribution in [0.15, 0.2) is 54.7 Å². The van der Waals surface area contributed by atoms with E-state index in [1.54, 1.807) is 30.0 Å². The number of ether oxygens (including phenoxy) is 1. The van der Waals surface area contributed by atoms with E-state index in [4.69, 9.17) is 4.74 Å². The van der Waals surface area contributed by atoms with Crippen LogP contribution in [0.2, 0.25) is 0 Å². The molecular weight excluding hydrogens is 437 g/mol. The van der Waals surface area contributed by atoms with Crippen molar-refractivity contribution in [3.63, 3.8) is 0 Å². The molecule has 8 nitrogen and oxygen atoms in total. The molecule has 2 aromatic carbocycles. The van der Waals surface area contributed by atoms with Crippen molar-refractivity contribution in [2.45, 2.75) is 20.8 Å². The summed E-state index contributed by atoms with van der Waals surface area (Å²) >= 11 is 0. The molecule has 1 heterocycles. The number of benzene rings is 2. The highest BCUT2D eigenvalue weighted by molar-refractivity contribution is 5.93. The minimum Gasteiger partial charge on any atom is -0.497 e. The second-order valence-electron chi connectivity index (χ2n) is 8.18. The summed E-state index contributed by atoms with van der Waals surface area (Å²) in [7, 11) is 1.59. The Balaban J connectivity index is 1.90. The molecule has 0 fully saturated rings. The maximum absolute atomic E-state index is 13.5. The van der Waals surface area contributed by atoms with Crippen molar-refractivity contribution in [1.82, 2.24) is 19.8 Å². The van der Waals surface area contributed by atoms with Crippen molar-refractivity contribution in [3.05, 3.63) is 60.5 Å². The number of carbonyl (C=O) groups is 2. The van der Waals surface area contributed by atoms with Crippen LogP contribution < -0.4 is 15.4 Å². The van der Waals surface area contributed by atoms with Crippen molar-refractivity contribution < 1.29 is 18.7 Å². The Hall–Kier alpha value is -3.88. The van der Waals surface area contributed by atoms with Gasteiger partial charge >= 0.3 is 6.03 Å². The number of urea groups is 1. The quantitative estimate of drug-likeness (QED) is 0.491. The highest BCUT2D eigenvalue weighted by atomic mass is 19.1. The third-order valence-electron chi connectivity index (χ3n) is 4.98. The first kappa shape index (κ1) is 24.8. The van der Waals surface area contributed by atoms with Gasteiger partial charge in [-0.2, -0.15) is 0 Å². The number of imidazole rings is 1. The van der Waals surface area contributed by atoms with Crippen LogP contribution >= 0.6 is 0 Å². The van der Waals surface area contributed by atoms with Crippen LogP contribution in [0.4, 0.5) is 15.1 Å². The van der Waals surface area contributed by atoms with Gasteiger partial charge < -0.3 is 15.0 Å². The molecule has 9 heteroatoms. The third-order valence-corrected chi connectivity index (χ3v) is 4.98. The zero-order valence-corrected chi connectivity index (χ0v) is 19.8. The predicted molar refractivity (Wildman–Crippen MR) is 130 cm³/mol. The Morgan fingerprint density at radius 2 is 1.79 bits per heavy atom. The molecular formula is C25H30FN5O3. The molecule has 0 saturated heterocycles. The molecule has 2 N–H and O–H groups in total. The van der Waals surface area contributed by atoms with E-state index >= 15 is 0 Å². The number of methoxy groups -OCH3 is 1. The summed E-state index contributed by atoms with van der Waals surface area (Å²) in [5.74, 6) is 0.421. The number of hydrogen-bond acceptors (Lipinski definition) is 4. The minimum atomic E-state index is -0.387. The van der Waals surface area contributed by atoms with Gasteiger partial charge in [0.2, 0.25) is 11.9 Å². The summed E-state index contributed by atoms with van der Waals surface area (Å²) in [5, 5.41) is 5.55. The Morgan fingerprint density at radius 3 is 2.38 bits per heavy atom. The standard InChI is InChI=1S/C25H30FN5O3/c1-5-27-25(33)30(14-17(2)3)16-23(32)29-24-28-22(18-6-12-21(34-4)13-7-18)15-31(24)20-10-8-19(26)9-11-20/h6-13,15,17H,5,14,16H2,1-4H3,(H,27,33)(H,28,29,32). The van der Waals surface area contributed by atoms with Gasteiger partial charge in [-0.1, -0.05) is 13.8 Å². The monoisotopic (exact) mass is 467 g/mol. The highest BCUT2D eigenvalue weighted by Crippen LogP contribution is 2.26. The van der Waals surface area contributed by atoms with Crippen LogP contribution in [0.25, 0.3) is 16.9 Å². The molecule has 0 radical (unpaired) electrons. The lowest BCUT2D eigenvalue weighted by molar-refractivity contribution is -0.116. The van der Waals surface area contributed by atoms with Gasteiger partial charge in [0.15, 0.2) is 0 Å². The fraction of sp³-hybridized carbons (Fsp3) is 0.320. The molecule has 0 aliphatic heterocycles. The third kappa shape index (κ3) is 6.34. The van der Waals surface area contributed by atoms with E-state index in [9.17, 15) is 14.0 Å². The summed E-state index contributed by atoms with van der Waals surface area (Å²) in [6, 6.07) is 13.0. The van der Waals surface area contributed by atoms with Gasteiger partial charge in [0.1, 0.15) is 18.1 Å². The van der Waals surface area contributed by atoms with Crippen LogP contribution in [0.1, 0.15) is 20.8 Å². The van der Waals surface area contributed by atoms with E-state index in [1.165, 1.54) is 17.0 Å². The zero-order chi connectivity index (χ0) is 24.7. The van der Waals surface area contributed by atoms with Gasteiger partial charge in [0, 0.05) is 30.5 Å². The lowest BCUT2D eigenvalue weighted by Crippen LogP contribution is -2.45. The summed E-state index contributed by atoms with van der Waals surface area (Å²) in [6.45, 7) is 6.56. The molecule has 3 aromatic rings. The number of anilines is 1. The van der Waals surface area contributed by atoms with Crippen molar-refractivity contribution >= 4 is 17.9 Å². The highest BCUT2D eigenvalue weighted by Gasteiger charge is 2.20. The second kappa shape index (κ2) is 11.3. The molecule has 180 valence electrons. The fourth-order valence-electron chi connectivity index (χ4n) is 3.43. The Bertz CT molecular complexity index is 1110. The lowest BCUT2D eigenvalue weighted by Gasteiger charge is -2.24. The molecule has 0 unspecified atom stereocenters. The number of rotatable bonds is 9. The Morgan fingerprint density at radius 1 is 1.12 bits per heavy atom. The summed E-state index contributed by atoms with van der Waals surface area (Å²) in [4.78, 5) is 31.4. The van der Waals surface area contributed by atoms with Crippen molar-refractivity contribution in [2.75, 3.05) is 32.1 Å². The number of hydrogen-bond donors (Lipinski definition) is 2. The normalized spacial score (nSPS) is 10.8. The van der Waals surface area contributed by atoms with Crippen LogP contribution in [0.3, 0.4) is 0 Å². The smallest absolute Gasteiger partial charge is 0.317 e. The molecule has 3 amide bonds. The van der Waals surface area contributed by atoms with E-state index < -0.39 is 0 Å². The number of aromatic nitrogens is 2. The SMILES string of the molecule is CCNC(=O)N(CC(=O)Nc1nc(-c2ccc(OC)cc2)cn1-c1ccc(F)cc1)CC(C)C. The van der Waals surface area contributed by atoms with Crippen LogP contribution in [0.5, 0.6) is 5.75 Å². The summed E-state index contributed by atoms with van der Waals surface area (Å²) in [5.41, 5.74) is 2.07. The van der Waals surface area contributed by atoms with Gasteiger partial charge in [-0.3, -0.25) is 14.7 Å². The van der Waals surface area contributed by atoms with Crippen molar-refractivity contribution in [2.24, 2.45) is 5.92 Å². The molecule has 3 rings (SSSR count). The molecule has 34 heavy (non-hydrogen) atoms. The van der Waals surface area contributed by atoms with Gasteiger partial charge in [0.25, 0.3) is 0 Å². The van der Waals surface area contributed by atoms with Gasteiger partial charge in [0.05, 0.1) is 12.8 Å². The predicted octanol–water partition coefficient (Wildman–Crippen LogP) is 4.31. The van der Waals surface area contributed by atoms with Gasteiger partial charge in [-0.05, 0) is 61.4 Å². The number of amides is 3. The zero-order valence-electron chi connectivity index (χ0n) is 19.8. The molecule has 0 bridgehead atoms. The Kier molecular flexibility index (Phi) is 8.24. The molecule has 0 aliphatic carbocycles. The average molecular weight is 468 g/mol.